The van der Waals surface area contributed by atoms with Crippen molar-refractivity contribution in [3.05, 3.63) is 71.5 Å². The van der Waals surface area contributed by atoms with Crippen molar-refractivity contribution in [3.8, 4) is 0 Å². The number of nitrogens with one attached hydrogen (secondary N) is 1. The highest BCUT2D eigenvalue weighted by molar-refractivity contribution is 5.88. The minimum absolute atomic E-state index is 0.0964. The number of carbonyl (C=O) groups is 2. The lowest BCUT2D eigenvalue weighted by Gasteiger charge is -2.32. The Morgan fingerprint density at radius 2 is 1.66 bits per heavy atom. The Balaban J connectivity index is 2.33. The number of amides is 2. The molecule has 0 aliphatic heterocycles. The fourth-order valence-corrected chi connectivity index (χ4v) is 3.15. The highest BCUT2D eigenvalue weighted by Crippen LogP contribution is 2.17. The van der Waals surface area contributed by atoms with E-state index in [1.165, 1.54) is 12.1 Å². The van der Waals surface area contributed by atoms with Crippen LogP contribution >= 0.6 is 0 Å². The van der Waals surface area contributed by atoms with Gasteiger partial charge in [0.1, 0.15) is 11.9 Å². The summed E-state index contributed by atoms with van der Waals surface area (Å²) < 4.78 is 13.3. The molecule has 0 heterocycles. The molecule has 156 valence electrons. The quantitative estimate of drug-likeness (QED) is 0.606. The molecule has 4 nitrogen and oxygen atoms in total. The number of nitrogens with zero attached hydrogens (tertiary/aromatic N) is 1. The van der Waals surface area contributed by atoms with Gasteiger partial charge in [-0.15, -0.1) is 0 Å². The van der Waals surface area contributed by atoms with Gasteiger partial charge < -0.3 is 10.2 Å². The summed E-state index contributed by atoms with van der Waals surface area (Å²) in [5.41, 5.74) is 1.78. The van der Waals surface area contributed by atoms with E-state index in [4.69, 9.17) is 0 Å². The molecule has 2 rings (SSSR count). The summed E-state index contributed by atoms with van der Waals surface area (Å²) in [4.78, 5) is 27.8. The number of benzene rings is 2. The third-order valence-electron chi connectivity index (χ3n) is 4.82. The van der Waals surface area contributed by atoms with Gasteiger partial charge in [0, 0.05) is 25.4 Å². The van der Waals surface area contributed by atoms with Crippen LogP contribution in [0.1, 0.15) is 44.7 Å². The molecule has 0 bridgehead atoms. The molecule has 0 unspecified atom stereocenters. The lowest BCUT2D eigenvalue weighted by molar-refractivity contribution is -0.143. The van der Waals surface area contributed by atoms with Crippen LogP contribution in [0.3, 0.4) is 0 Å². The summed E-state index contributed by atoms with van der Waals surface area (Å²) in [6.07, 6.45) is 2.30. The second-order valence-electron chi connectivity index (χ2n) is 7.60. The number of hydrogen-bond donors (Lipinski definition) is 1. The summed E-state index contributed by atoms with van der Waals surface area (Å²) >= 11 is 0. The average Bonchev–Trinajstić information content (AvgIpc) is 2.72. The zero-order valence-electron chi connectivity index (χ0n) is 17.5. The van der Waals surface area contributed by atoms with Gasteiger partial charge in [0.2, 0.25) is 11.8 Å². The van der Waals surface area contributed by atoms with Crippen molar-refractivity contribution in [2.75, 3.05) is 6.54 Å². The molecule has 0 saturated heterocycles. The Morgan fingerprint density at radius 1 is 1.00 bits per heavy atom. The van der Waals surface area contributed by atoms with Crippen molar-refractivity contribution in [1.82, 2.24) is 10.2 Å². The first kappa shape index (κ1) is 22.6. The third kappa shape index (κ3) is 7.00. The van der Waals surface area contributed by atoms with Crippen LogP contribution in [0.5, 0.6) is 0 Å². The van der Waals surface area contributed by atoms with Crippen LogP contribution in [0.25, 0.3) is 0 Å². The second-order valence-corrected chi connectivity index (χ2v) is 7.60. The minimum Gasteiger partial charge on any atom is -0.354 e. The smallest absolute Gasteiger partial charge is 0.243 e. The fraction of sp³-hybridized carbons (Fsp3) is 0.417. The van der Waals surface area contributed by atoms with Crippen molar-refractivity contribution in [2.45, 2.75) is 52.6 Å². The Morgan fingerprint density at radius 3 is 2.24 bits per heavy atom. The van der Waals surface area contributed by atoms with E-state index < -0.39 is 6.04 Å². The Hall–Kier alpha value is -2.69. The van der Waals surface area contributed by atoms with Crippen LogP contribution in [0.2, 0.25) is 0 Å². The second kappa shape index (κ2) is 11.3. The van der Waals surface area contributed by atoms with Crippen LogP contribution < -0.4 is 5.32 Å². The molecule has 2 aromatic carbocycles. The van der Waals surface area contributed by atoms with E-state index >= 15 is 0 Å². The molecular weight excluding hydrogens is 367 g/mol. The van der Waals surface area contributed by atoms with Gasteiger partial charge in [-0.25, -0.2) is 4.39 Å². The lowest BCUT2D eigenvalue weighted by atomic mass is 10.0. The molecule has 0 aliphatic rings. The lowest BCUT2D eigenvalue weighted by Crippen LogP contribution is -2.51. The summed E-state index contributed by atoms with van der Waals surface area (Å²) in [5, 5.41) is 2.98. The number of rotatable bonds is 10. The molecule has 0 radical (unpaired) electrons. The van der Waals surface area contributed by atoms with Gasteiger partial charge in [0.05, 0.1) is 0 Å². The van der Waals surface area contributed by atoms with E-state index in [2.05, 4.69) is 12.2 Å². The summed E-state index contributed by atoms with van der Waals surface area (Å²) in [6.45, 7) is 6.57. The van der Waals surface area contributed by atoms with Crippen molar-refractivity contribution >= 4 is 11.8 Å². The summed E-state index contributed by atoms with van der Waals surface area (Å²) in [5.74, 6) is -0.829. The van der Waals surface area contributed by atoms with E-state index in [0.717, 1.165) is 24.0 Å². The Kier molecular flexibility index (Phi) is 8.84. The van der Waals surface area contributed by atoms with Gasteiger partial charge in [0.25, 0.3) is 0 Å². The Bertz CT molecular complexity index is 775. The van der Waals surface area contributed by atoms with Crippen molar-refractivity contribution in [3.63, 3.8) is 0 Å². The molecule has 1 atom stereocenters. The molecule has 0 fully saturated rings. The topological polar surface area (TPSA) is 49.4 Å². The van der Waals surface area contributed by atoms with E-state index in [0.29, 0.717) is 13.0 Å². The molecule has 2 amide bonds. The first-order chi connectivity index (χ1) is 13.9. The van der Waals surface area contributed by atoms with E-state index in [-0.39, 0.29) is 30.1 Å². The zero-order chi connectivity index (χ0) is 21.2. The van der Waals surface area contributed by atoms with Gasteiger partial charge in [-0.2, -0.15) is 0 Å². The maximum atomic E-state index is 13.3. The number of halogens is 1. The van der Waals surface area contributed by atoms with Crippen molar-refractivity contribution < 1.29 is 14.0 Å². The van der Waals surface area contributed by atoms with E-state index in [1.807, 2.05) is 44.2 Å². The predicted octanol–water partition coefficient (Wildman–Crippen LogP) is 4.34. The summed E-state index contributed by atoms with van der Waals surface area (Å²) in [7, 11) is 0. The van der Waals surface area contributed by atoms with Gasteiger partial charge in [-0.1, -0.05) is 69.7 Å². The van der Waals surface area contributed by atoms with Gasteiger partial charge in [-0.3, -0.25) is 9.59 Å². The molecule has 0 spiro atoms. The maximum Gasteiger partial charge on any atom is 0.243 e. The number of hydrogen-bond acceptors (Lipinski definition) is 2. The van der Waals surface area contributed by atoms with E-state index in [1.54, 1.807) is 17.0 Å². The average molecular weight is 399 g/mol. The SMILES string of the molecule is CCCCNC(=O)[C@@H](Cc1ccccc1)N(Cc1ccc(F)cc1)C(=O)C(C)C. The standard InChI is InChI=1S/C24H31FN2O2/c1-4-5-15-26-23(28)22(16-19-9-7-6-8-10-19)27(24(29)18(2)3)17-20-11-13-21(25)14-12-20/h6-14,18,22H,4-5,15-17H2,1-3H3,(H,26,28)/t22-/m1/s1. The number of unbranched alkanes of at least 4 members (excludes halogenated alkanes) is 1. The van der Waals surface area contributed by atoms with Crippen LogP contribution in [0, 0.1) is 11.7 Å². The fourth-order valence-electron chi connectivity index (χ4n) is 3.15. The van der Waals surface area contributed by atoms with Crippen LogP contribution in [0.4, 0.5) is 4.39 Å². The molecule has 0 aromatic heterocycles. The predicted molar refractivity (Wildman–Crippen MR) is 114 cm³/mol. The first-order valence-electron chi connectivity index (χ1n) is 10.3. The van der Waals surface area contributed by atoms with Crippen molar-refractivity contribution in [1.29, 1.82) is 0 Å². The van der Waals surface area contributed by atoms with E-state index in [9.17, 15) is 14.0 Å². The van der Waals surface area contributed by atoms with Gasteiger partial charge in [-0.05, 0) is 29.7 Å². The maximum absolute atomic E-state index is 13.3. The monoisotopic (exact) mass is 398 g/mol. The minimum atomic E-state index is -0.630. The highest BCUT2D eigenvalue weighted by Gasteiger charge is 2.31. The summed E-state index contributed by atoms with van der Waals surface area (Å²) in [6, 6.07) is 15.1. The van der Waals surface area contributed by atoms with Crippen molar-refractivity contribution in [2.24, 2.45) is 5.92 Å². The van der Waals surface area contributed by atoms with Crippen LogP contribution in [-0.2, 0) is 22.6 Å². The first-order valence-corrected chi connectivity index (χ1v) is 10.3. The largest absolute Gasteiger partial charge is 0.354 e. The molecule has 0 aliphatic carbocycles. The van der Waals surface area contributed by atoms with Crippen LogP contribution in [0.15, 0.2) is 54.6 Å². The van der Waals surface area contributed by atoms with Gasteiger partial charge in [0.15, 0.2) is 0 Å². The molecule has 0 saturated carbocycles. The normalized spacial score (nSPS) is 11.9. The highest BCUT2D eigenvalue weighted by atomic mass is 19.1. The molecular formula is C24H31FN2O2. The third-order valence-corrected chi connectivity index (χ3v) is 4.82. The molecule has 29 heavy (non-hydrogen) atoms. The zero-order valence-corrected chi connectivity index (χ0v) is 17.5. The number of carbonyl (C=O) groups excluding carboxylic acids is 2. The Labute approximate surface area is 173 Å². The molecule has 5 heteroatoms. The molecule has 1 N–H and O–H groups in total. The van der Waals surface area contributed by atoms with Crippen LogP contribution in [-0.4, -0.2) is 29.3 Å². The molecule has 2 aromatic rings. The van der Waals surface area contributed by atoms with Gasteiger partial charge >= 0.3 is 0 Å².